The molecule has 0 atom stereocenters. The van der Waals surface area contributed by atoms with Gasteiger partial charge in [0.1, 0.15) is 0 Å². The second-order valence-corrected chi connectivity index (χ2v) is 5.79. The van der Waals surface area contributed by atoms with E-state index in [9.17, 15) is 9.90 Å². The van der Waals surface area contributed by atoms with Crippen LogP contribution >= 0.6 is 0 Å². The standard InChI is InChI=1S/C15H23N3O2/c1-18(2)15(7-3-4-8-15)10-17-13-6-5-11(16)9-12(13)14(19)20/h5-6,9,17H,3-4,7-8,10,16H2,1-2H3,(H,19,20). The summed E-state index contributed by atoms with van der Waals surface area (Å²) in [7, 11) is 4.18. The Morgan fingerprint density at radius 3 is 2.60 bits per heavy atom. The first-order chi connectivity index (χ1) is 9.44. The Morgan fingerprint density at radius 2 is 2.05 bits per heavy atom. The molecule has 0 bridgehead atoms. The molecule has 4 N–H and O–H groups in total. The van der Waals surface area contributed by atoms with E-state index in [1.165, 1.54) is 18.9 Å². The number of carboxylic acid groups (broad SMARTS) is 1. The smallest absolute Gasteiger partial charge is 0.337 e. The van der Waals surface area contributed by atoms with Crippen LogP contribution in [0.5, 0.6) is 0 Å². The van der Waals surface area contributed by atoms with Gasteiger partial charge in [-0.3, -0.25) is 0 Å². The normalized spacial score (nSPS) is 17.4. The molecule has 0 heterocycles. The summed E-state index contributed by atoms with van der Waals surface area (Å²) in [5.41, 5.74) is 7.12. The maximum absolute atomic E-state index is 11.3. The number of hydrogen-bond donors (Lipinski definition) is 3. The minimum atomic E-state index is -0.954. The molecule has 1 fully saturated rings. The van der Waals surface area contributed by atoms with Crippen molar-refractivity contribution in [2.45, 2.75) is 31.2 Å². The Morgan fingerprint density at radius 1 is 1.40 bits per heavy atom. The molecule has 1 aromatic rings. The molecule has 1 aromatic carbocycles. The van der Waals surface area contributed by atoms with Crippen LogP contribution in [-0.2, 0) is 0 Å². The zero-order valence-electron chi connectivity index (χ0n) is 12.1. The predicted octanol–water partition coefficient (Wildman–Crippen LogP) is 2.25. The van der Waals surface area contributed by atoms with Crippen molar-refractivity contribution in [1.29, 1.82) is 0 Å². The largest absolute Gasteiger partial charge is 0.478 e. The number of hydrogen-bond acceptors (Lipinski definition) is 4. The predicted molar refractivity (Wildman–Crippen MR) is 81.2 cm³/mol. The van der Waals surface area contributed by atoms with E-state index in [2.05, 4.69) is 24.3 Å². The zero-order valence-corrected chi connectivity index (χ0v) is 12.1. The Bertz CT molecular complexity index is 494. The van der Waals surface area contributed by atoms with Gasteiger partial charge in [-0.2, -0.15) is 0 Å². The van der Waals surface area contributed by atoms with Crippen LogP contribution in [0.3, 0.4) is 0 Å². The fourth-order valence-corrected chi connectivity index (χ4v) is 2.97. The van der Waals surface area contributed by atoms with E-state index in [0.717, 1.165) is 19.4 Å². The lowest BCUT2D eigenvalue weighted by molar-refractivity contribution is 0.0698. The van der Waals surface area contributed by atoms with Gasteiger partial charge in [0, 0.05) is 23.5 Å². The molecule has 1 saturated carbocycles. The van der Waals surface area contributed by atoms with Crippen molar-refractivity contribution in [3.8, 4) is 0 Å². The summed E-state index contributed by atoms with van der Waals surface area (Å²) < 4.78 is 0. The van der Waals surface area contributed by atoms with Gasteiger partial charge in [-0.25, -0.2) is 4.79 Å². The summed E-state index contributed by atoms with van der Waals surface area (Å²) in [6, 6.07) is 4.98. The van der Waals surface area contributed by atoms with Crippen LogP contribution in [0.2, 0.25) is 0 Å². The van der Waals surface area contributed by atoms with Crippen molar-refractivity contribution in [1.82, 2.24) is 4.90 Å². The van der Waals surface area contributed by atoms with Crippen LogP contribution < -0.4 is 11.1 Å². The van der Waals surface area contributed by atoms with Crippen molar-refractivity contribution in [2.24, 2.45) is 0 Å². The highest BCUT2D eigenvalue weighted by Crippen LogP contribution is 2.34. The van der Waals surface area contributed by atoms with Crippen molar-refractivity contribution >= 4 is 17.3 Å². The number of benzene rings is 1. The fraction of sp³-hybridized carbons (Fsp3) is 0.533. The molecular weight excluding hydrogens is 254 g/mol. The summed E-state index contributed by atoms with van der Waals surface area (Å²) in [4.78, 5) is 13.5. The lowest BCUT2D eigenvalue weighted by Gasteiger charge is -2.37. The molecule has 5 nitrogen and oxygen atoms in total. The molecule has 1 aliphatic carbocycles. The number of nitrogens with one attached hydrogen (secondary N) is 1. The lowest BCUT2D eigenvalue weighted by atomic mass is 9.95. The van der Waals surface area contributed by atoms with Gasteiger partial charge in [0.25, 0.3) is 0 Å². The van der Waals surface area contributed by atoms with E-state index in [4.69, 9.17) is 5.73 Å². The highest BCUT2D eigenvalue weighted by Gasteiger charge is 2.35. The van der Waals surface area contributed by atoms with E-state index in [1.54, 1.807) is 12.1 Å². The summed E-state index contributed by atoms with van der Waals surface area (Å²) in [6.45, 7) is 0.754. The van der Waals surface area contributed by atoms with E-state index in [-0.39, 0.29) is 11.1 Å². The van der Waals surface area contributed by atoms with Gasteiger partial charge in [0.15, 0.2) is 0 Å². The minimum Gasteiger partial charge on any atom is -0.478 e. The number of nitrogen functional groups attached to an aromatic ring is 1. The Balaban J connectivity index is 2.16. The highest BCUT2D eigenvalue weighted by atomic mass is 16.4. The van der Waals surface area contributed by atoms with Gasteiger partial charge < -0.3 is 21.1 Å². The third-order valence-corrected chi connectivity index (χ3v) is 4.36. The monoisotopic (exact) mass is 277 g/mol. The Hall–Kier alpha value is -1.75. The summed E-state index contributed by atoms with van der Waals surface area (Å²) >= 11 is 0. The van der Waals surface area contributed by atoms with Gasteiger partial charge in [0.2, 0.25) is 0 Å². The van der Waals surface area contributed by atoms with Crippen molar-refractivity contribution in [3.05, 3.63) is 23.8 Å². The fourth-order valence-electron chi connectivity index (χ4n) is 2.97. The van der Waals surface area contributed by atoms with Crippen LogP contribution in [0.4, 0.5) is 11.4 Å². The molecule has 0 unspecified atom stereocenters. The molecule has 0 spiro atoms. The van der Waals surface area contributed by atoms with E-state index in [0.29, 0.717) is 11.4 Å². The number of nitrogens with two attached hydrogens (primary N) is 1. The van der Waals surface area contributed by atoms with Gasteiger partial charge >= 0.3 is 5.97 Å². The average Bonchev–Trinajstić information content (AvgIpc) is 2.87. The zero-order chi connectivity index (χ0) is 14.8. The van der Waals surface area contributed by atoms with E-state index in [1.807, 2.05) is 0 Å². The molecule has 20 heavy (non-hydrogen) atoms. The molecule has 0 saturated heterocycles. The molecule has 0 radical (unpaired) electrons. The minimum absolute atomic E-state index is 0.122. The average molecular weight is 277 g/mol. The van der Waals surface area contributed by atoms with E-state index < -0.39 is 5.97 Å². The molecule has 5 heteroatoms. The molecule has 0 aromatic heterocycles. The first kappa shape index (κ1) is 14.7. The molecule has 1 aliphatic rings. The molecule has 0 amide bonds. The van der Waals surface area contributed by atoms with Crippen LogP contribution in [0, 0.1) is 0 Å². The van der Waals surface area contributed by atoms with Crippen LogP contribution in [0.1, 0.15) is 36.0 Å². The Kier molecular flexibility index (Phi) is 4.18. The van der Waals surface area contributed by atoms with Crippen molar-refractivity contribution in [2.75, 3.05) is 31.7 Å². The number of carbonyl (C=O) groups is 1. The van der Waals surface area contributed by atoms with Crippen LogP contribution in [-0.4, -0.2) is 42.2 Å². The third-order valence-electron chi connectivity index (χ3n) is 4.36. The number of likely N-dealkylation sites (N-methyl/N-ethyl adjacent to an activating group) is 1. The molecule has 110 valence electrons. The summed E-state index contributed by atoms with van der Waals surface area (Å²) in [5.74, 6) is -0.954. The number of rotatable bonds is 5. The van der Waals surface area contributed by atoms with Gasteiger partial charge in [-0.1, -0.05) is 12.8 Å². The quantitative estimate of drug-likeness (QED) is 0.719. The second-order valence-electron chi connectivity index (χ2n) is 5.79. The SMILES string of the molecule is CN(C)C1(CNc2ccc(N)cc2C(=O)O)CCCC1. The number of carboxylic acids is 1. The first-order valence-corrected chi connectivity index (χ1v) is 6.99. The van der Waals surface area contributed by atoms with Crippen LogP contribution in [0.15, 0.2) is 18.2 Å². The second kappa shape index (κ2) is 5.71. The highest BCUT2D eigenvalue weighted by molar-refractivity contribution is 5.95. The van der Waals surface area contributed by atoms with Crippen molar-refractivity contribution in [3.63, 3.8) is 0 Å². The number of aromatic carboxylic acids is 1. The Labute approximate surface area is 119 Å². The number of nitrogens with zero attached hydrogens (tertiary/aromatic N) is 1. The van der Waals surface area contributed by atoms with Gasteiger partial charge in [-0.15, -0.1) is 0 Å². The first-order valence-electron chi connectivity index (χ1n) is 6.99. The third kappa shape index (κ3) is 2.88. The molecule has 0 aliphatic heterocycles. The van der Waals surface area contributed by atoms with Gasteiger partial charge in [0.05, 0.1) is 5.56 Å². The lowest BCUT2D eigenvalue weighted by Crippen LogP contribution is -2.47. The summed E-state index contributed by atoms with van der Waals surface area (Å²) in [6.07, 6.45) is 4.75. The number of anilines is 2. The van der Waals surface area contributed by atoms with Crippen molar-refractivity contribution < 1.29 is 9.90 Å². The maximum atomic E-state index is 11.3. The van der Waals surface area contributed by atoms with Gasteiger partial charge in [-0.05, 0) is 45.1 Å². The van der Waals surface area contributed by atoms with Crippen LogP contribution in [0.25, 0.3) is 0 Å². The maximum Gasteiger partial charge on any atom is 0.337 e. The van der Waals surface area contributed by atoms with E-state index >= 15 is 0 Å². The summed E-state index contributed by atoms with van der Waals surface area (Å²) in [5, 5.41) is 12.6. The topological polar surface area (TPSA) is 78.6 Å². The molecule has 2 rings (SSSR count). The molecular formula is C15H23N3O2.